The van der Waals surface area contributed by atoms with E-state index in [4.69, 9.17) is 41.5 Å². The Morgan fingerprint density at radius 3 is 2.23 bits per heavy atom. The lowest BCUT2D eigenvalue weighted by Crippen LogP contribution is -2.57. The summed E-state index contributed by atoms with van der Waals surface area (Å²) in [7, 11) is 2.17. The number of carboxylic acids is 3. The van der Waals surface area contributed by atoms with Gasteiger partial charge in [0.05, 0.1) is 47.9 Å². The summed E-state index contributed by atoms with van der Waals surface area (Å²) in [4.78, 5) is 122. The molecule has 4 heterocycles. The van der Waals surface area contributed by atoms with Gasteiger partial charge >= 0.3 is 30.0 Å². The molecule has 2 aromatic carbocycles. The quantitative estimate of drug-likeness (QED) is 0.0107. The van der Waals surface area contributed by atoms with Crippen LogP contribution in [0.5, 0.6) is 5.75 Å². The van der Waals surface area contributed by atoms with Crippen LogP contribution in [0.25, 0.3) is 22.3 Å². The molecule has 2 aromatic heterocycles. The van der Waals surface area contributed by atoms with Crippen LogP contribution in [0.1, 0.15) is 67.3 Å². The summed E-state index contributed by atoms with van der Waals surface area (Å²) in [6, 6.07) is 6.75. The predicted molar refractivity (Wildman–Crippen MR) is 261 cm³/mol. The van der Waals surface area contributed by atoms with Crippen LogP contribution in [0.15, 0.2) is 63.2 Å². The zero-order chi connectivity index (χ0) is 53.3. The molecule has 0 spiro atoms. The number of aliphatic hydroxyl groups is 1. The average molecular weight is 1050 g/mol. The number of hydrogen-bond acceptors (Lipinski definition) is 18. The number of esters is 1. The molecule has 4 aromatic rings. The molecule has 0 radical (unpaired) electrons. The summed E-state index contributed by atoms with van der Waals surface area (Å²) in [5, 5.41) is 46.7. The Hall–Kier alpha value is -7.75. The van der Waals surface area contributed by atoms with Crippen LogP contribution in [0.3, 0.4) is 0 Å². The number of fused-ring (bicyclic) bond motifs is 5. The number of ether oxygens (including phenoxy) is 3. The van der Waals surface area contributed by atoms with Gasteiger partial charge in [0.2, 0.25) is 17.7 Å². The Morgan fingerprint density at radius 1 is 0.904 bits per heavy atom. The van der Waals surface area contributed by atoms with Gasteiger partial charge in [-0.3, -0.25) is 33.8 Å². The fourth-order valence-electron chi connectivity index (χ4n) is 7.87. The number of carboxylic acid groups (broad SMARTS) is 3. The number of pyridine rings is 2. The summed E-state index contributed by atoms with van der Waals surface area (Å²) in [5.41, 5.74) is 18.0. The van der Waals surface area contributed by atoms with Gasteiger partial charge < -0.3 is 72.4 Å². The zero-order valence-corrected chi connectivity index (χ0v) is 40.7. The van der Waals surface area contributed by atoms with Crippen molar-refractivity contribution in [1.82, 2.24) is 25.5 Å². The van der Waals surface area contributed by atoms with Gasteiger partial charge in [-0.25, -0.2) is 19.4 Å². The van der Waals surface area contributed by atoms with Gasteiger partial charge in [-0.1, -0.05) is 40.6 Å². The fourth-order valence-corrected chi connectivity index (χ4v) is 10.0. The Bertz CT molecular complexity index is 2940. The Labute approximate surface area is 422 Å². The maximum Gasteiger partial charge on any atom is 0.514 e. The van der Waals surface area contributed by atoms with E-state index < -0.39 is 95.9 Å². The second kappa shape index (κ2) is 23.7. The number of rotatable bonds is 23. The maximum absolute atomic E-state index is 13.6. The highest BCUT2D eigenvalue weighted by Crippen LogP contribution is 2.40. The monoisotopic (exact) mass is 1050 g/mol. The summed E-state index contributed by atoms with van der Waals surface area (Å²) < 4.78 is 17.5. The van der Waals surface area contributed by atoms with Gasteiger partial charge in [0.1, 0.15) is 37.1 Å². The second-order valence-corrected chi connectivity index (χ2v) is 19.3. The number of guanidine groups is 1. The number of nitrogens with zero attached hydrogens (tertiary/aromatic N) is 3. The van der Waals surface area contributed by atoms with E-state index in [1.54, 1.807) is 48.5 Å². The Kier molecular flexibility index (Phi) is 17.7. The van der Waals surface area contributed by atoms with Crippen molar-refractivity contribution in [2.24, 2.45) is 22.2 Å². The number of carbonyl (C=O) groups is 8. The number of nitrogens with one attached hydrogen (secondary N) is 3. The molecule has 0 saturated carbocycles. The second-order valence-electron chi connectivity index (χ2n) is 16.8. The first-order valence-corrected chi connectivity index (χ1v) is 24.6. The van der Waals surface area contributed by atoms with Gasteiger partial charge in [0.15, 0.2) is 11.6 Å². The van der Waals surface area contributed by atoms with E-state index in [-0.39, 0.29) is 67.7 Å². The van der Waals surface area contributed by atoms with Gasteiger partial charge in [-0.05, 0) is 73.7 Å². The molecule has 3 amide bonds. The number of carbonyl (C=O) groups excluding carboxylic acids is 5. The van der Waals surface area contributed by atoms with Crippen LogP contribution in [0.4, 0.5) is 4.79 Å². The Balaban J connectivity index is 1.02. The topological polar surface area (TPSA) is 407 Å². The third kappa shape index (κ3) is 13.4. The van der Waals surface area contributed by atoms with Gasteiger partial charge in [0.25, 0.3) is 5.56 Å². The van der Waals surface area contributed by atoms with Crippen molar-refractivity contribution in [3.63, 3.8) is 0 Å². The van der Waals surface area contributed by atoms with Crippen LogP contribution in [-0.2, 0) is 74.8 Å². The molecule has 0 bridgehead atoms. The molecule has 0 unspecified atom stereocenters. The fraction of sp³-hybridized carbons (Fsp3) is 0.370. The van der Waals surface area contributed by atoms with Gasteiger partial charge in [-0.2, -0.15) is 0 Å². The number of aliphatic imine (C=N–C) groups is 1. The SMILES string of the molecule is CCc1c2c(nc3ccc(OC(=O)OCc4ccc(SSC[C@H](NC(=O)[C@H](CC(=O)O)NC(=O)[C@H](CCCN=C(N)N)NC(=O)[C@@H](N)CC(=O)O)C(=O)O)cc4)cc13)-c1cc3c(c(=O)n1C2)COC(=O)[C@@]3(C)O. The van der Waals surface area contributed by atoms with E-state index in [1.807, 2.05) is 6.92 Å². The number of amides is 3. The molecule has 2 aliphatic rings. The van der Waals surface area contributed by atoms with Crippen LogP contribution < -0.4 is 43.4 Å². The van der Waals surface area contributed by atoms with E-state index in [9.17, 15) is 58.5 Å². The van der Waals surface area contributed by atoms with E-state index in [0.717, 1.165) is 32.7 Å². The first-order valence-electron chi connectivity index (χ1n) is 22.3. The number of benzene rings is 2. The van der Waals surface area contributed by atoms with Crippen molar-refractivity contribution in [2.45, 2.75) is 100 Å². The molecule has 0 fully saturated rings. The Morgan fingerprint density at radius 2 is 1.58 bits per heavy atom. The van der Waals surface area contributed by atoms with Crippen molar-refractivity contribution < 1.29 is 73.0 Å². The van der Waals surface area contributed by atoms with Crippen LogP contribution in [0.2, 0.25) is 0 Å². The number of nitrogens with two attached hydrogens (primary N) is 3. The third-order valence-electron chi connectivity index (χ3n) is 11.6. The minimum Gasteiger partial charge on any atom is -0.481 e. The number of aromatic nitrogens is 2. The number of cyclic esters (lactones) is 1. The van der Waals surface area contributed by atoms with Gasteiger partial charge in [-0.15, -0.1) is 0 Å². The zero-order valence-electron chi connectivity index (χ0n) is 39.1. The van der Waals surface area contributed by atoms with E-state index in [0.29, 0.717) is 39.2 Å². The smallest absolute Gasteiger partial charge is 0.481 e. The lowest BCUT2D eigenvalue weighted by molar-refractivity contribution is -0.169. The van der Waals surface area contributed by atoms with Gasteiger partial charge in [0, 0.05) is 33.7 Å². The first kappa shape index (κ1) is 54.6. The van der Waals surface area contributed by atoms with Crippen molar-refractivity contribution in [3.8, 4) is 17.1 Å². The molecule has 13 N–H and O–H groups in total. The van der Waals surface area contributed by atoms with Crippen molar-refractivity contribution in [1.29, 1.82) is 0 Å². The van der Waals surface area contributed by atoms with E-state index in [1.165, 1.54) is 11.5 Å². The number of aliphatic carboxylic acids is 3. The van der Waals surface area contributed by atoms with Crippen molar-refractivity contribution >= 4 is 86.2 Å². The van der Waals surface area contributed by atoms with E-state index >= 15 is 0 Å². The van der Waals surface area contributed by atoms with Crippen molar-refractivity contribution in [2.75, 3.05) is 12.3 Å². The highest BCUT2D eigenvalue weighted by Gasteiger charge is 2.43. The lowest BCUT2D eigenvalue weighted by Gasteiger charge is -2.29. The molecule has 6 rings (SSSR count). The molecule has 0 saturated heterocycles. The van der Waals surface area contributed by atoms with E-state index in [2.05, 4.69) is 20.9 Å². The largest absolute Gasteiger partial charge is 0.514 e. The van der Waals surface area contributed by atoms with Crippen LogP contribution in [0, 0.1) is 0 Å². The molecule has 388 valence electrons. The molecule has 73 heavy (non-hydrogen) atoms. The molecule has 2 aliphatic heterocycles. The summed E-state index contributed by atoms with van der Waals surface area (Å²) in [5.74, 6) is -8.78. The maximum atomic E-state index is 13.6. The predicted octanol–water partition coefficient (Wildman–Crippen LogP) is 0.577. The normalized spacial score (nSPS) is 16.0. The van der Waals surface area contributed by atoms with Crippen LogP contribution in [-0.4, -0.2) is 120 Å². The van der Waals surface area contributed by atoms with Crippen LogP contribution >= 0.6 is 21.6 Å². The average Bonchev–Trinajstić information content (AvgIpc) is 3.70. The minimum atomic E-state index is -2.01. The number of hydrogen-bond donors (Lipinski definition) is 10. The molecule has 27 heteroatoms. The lowest BCUT2D eigenvalue weighted by atomic mass is 9.89. The third-order valence-corrected chi connectivity index (χ3v) is 14.0. The highest BCUT2D eigenvalue weighted by atomic mass is 33.1. The first-order chi connectivity index (χ1) is 34.6. The highest BCUT2D eigenvalue weighted by molar-refractivity contribution is 8.76. The standard InChI is InChI=1S/C46H51N9O16S2/c1-3-24-25-13-22(8-11-30(25)51-37-26(24)17-55-34(37)14-28-27(41(55)63)19-69-43(66)46(28,2)68)71-45(67)70-18-21-6-9-23(10-7-21)73-72-20-33(42(64)65)54-40(62)32(16-36(58)59)53-39(61)31(5-4-12-50-44(48)49)52-38(60)29(47)15-35(56)57/h6-11,13-14,29,31-33,68H,3-5,12,15-20,47H2,1-2H3,(H,52,60)(H,53,61)(H,54,62)(H,56,57)(H,58,59)(H,64,65)(H4,48,49,50)/t29-,31-,32-,33-,46-/m0/s1. The molecule has 0 aliphatic carbocycles. The van der Waals surface area contributed by atoms with Crippen molar-refractivity contribution in [3.05, 3.63) is 86.7 Å². The minimum absolute atomic E-state index is 0.00767. The summed E-state index contributed by atoms with van der Waals surface area (Å²) in [6.45, 7) is 2.99. The summed E-state index contributed by atoms with van der Waals surface area (Å²) in [6.07, 6.45) is -2.27. The molecular weight excluding hydrogens is 999 g/mol. The molecule has 5 atom stereocenters. The molecular formula is C46H51N9O16S2. The molecule has 25 nitrogen and oxygen atoms in total. The summed E-state index contributed by atoms with van der Waals surface area (Å²) >= 11 is 0. The number of aryl methyl sites for hydroxylation is 1.